The topological polar surface area (TPSA) is 66.9 Å². The fourth-order valence-corrected chi connectivity index (χ4v) is 3.59. The van der Waals surface area contributed by atoms with Gasteiger partial charge in [0.25, 0.3) is 6.43 Å². The zero-order valence-corrected chi connectivity index (χ0v) is 16.3. The summed E-state index contributed by atoms with van der Waals surface area (Å²) < 4.78 is 66.0. The molecule has 10 heteroatoms. The van der Waals surface area contributed by atoms with Gasteiger partial charge in [0.1, 0.15) is 5.82 Å². The molecule has 1 saturated heterocycles. The molecule has 0 aliphatic carbocycles. The van der Waals surface area contributed by atoms with Crippen LogP contribution in [0.3, 0.4) is 0 Å². The predicted octanol–water partition coefficient (Wildman–Crippen LogP) is 4.46. The quantitative estimate of drug-likeness (QED) is 0.640. The molecule has 2 N–H and O–H groups in total. The van der Waals surface area contributed by atoms with E-state index in [9.17, 15) is 26.7 Å². The Balaban J connectivity index is 1.81. The summed E-state index contributed by atoms with van der Waals surface area (Å²) in [5.74, 6) is -3.61. The van der Waals surface area contributed by atoms with E-state index in [1.54, 1.807) is 6.92 Å². The normalized spacial score (nSPS) is 21.0. The number of alkyl halides is 4. The fraction of sp³-hybridized carbons (Fsp3) is 0.450. The van der Waals surface area contributed by atoms with Gasteiger partial charge in [0, 0.05) is 35.7 Å². The van der Waals surface area contributed by atoms with Gasteiger partial charge in [-0.05, 0) is 19.1 Å². The number of anilines is 1. The number of carbonyl (C=O) groups excluding carboxylic acids is 1. The van der Waals surface area contributed by atoms with Crippen LogP contribution in [0.4, 0.5) is 27.9 Å². The van der Waals surface area contributed by atoms with Gasteiger partial charge < -0.3 is 10.6 Å². The molecule has 1 fully saturated rings. The lowest BCUT2D eigenvalue weighted by Gasteiger charge is -2.23. The highest BCUT2D eigenvalue weighted by Crippen LogP contribution is 2.36. The van der Waals surface area contributed by atoms with Crippen molar-refractivity contribution in [3.8, 4) is 0 Å². The SMILES string of the molecule is C[C@@H](C(F)F)C1CNC(=O)[C@@H]1c1ccnc(N[C@@H](C)c2ccc(C(F)F)cc2F)n1. The highest BCUT2D eigenvalue weighted by atomic mass is 19.3. The Kier molecular flexibility index (Phi) is 6.52. The van der Waals surface area contributed by atoms with Crippen molar-refractivity contribution in [2.24, 2.45) is 11.8 Å². The molecule has 0 spiro atoms. The molecule has 0 saturated carbocycles. The van der Waals surface area contributed by atoms with Gasteiger partial charge in [-0.15, -0.1) is 0 Å². The minimum Gasteiger partial charge on any atom is -0.355 e. The van der Waals surface area contributed by atoms with Crippen LogP contribution in [0, 0.1) is 17.7 Å². The van der Waals surface area contributed by atoms with Crippen LogP contribution < -0.4 is 10.6 Å². The molecule has 1 aromatic carbocycles. The lowest BCUT2D eigenvalue weighted by Crippen LogP contribution is -2.26. The zero-order chi connectivity index (χ0) is 22.0. The van der Waals surface area contributed by atoms with Crippen molar-refractivity contribution in [3.63, 3.8) is 0 Å². The minimum absolute atomic E-state index is 0.0699. The maximum atomic E-state index is 14.2. The van der Waals surface area contributed by atoms with Crippen molar-refractivity contribution in [1.29, 1.82) is 0 Å². The first kappa shape index (κ1) is 21.9. The van der Waals surface area contributed by atoms with Gasteiger partial charge in [0.2, 0.25) is 18.3 Å². The number of rotatable bonds is 7. The van der Waals surface area contributed by atoms with Crippen molar-refractivity contribution >= 4 is 11.9 Å². The third kappa shape index (κ3) is 4.52. The molecular formula is C20H21F5N4O. The largest absolute Gasteiger partial charge is 0.355 e. The third-order valence-corrected chi connectivity index (χ3v) is 5.38. The Morgan fingerprint density at radius 3 is 2.53 bits per heavy atom. The average Bonchev–Trinajstić information content (AvgIpc) is 3.08. The summed E-state index contributed by atoms with van der Waals surface area (Å²) in [6.45, 7) is 3.11. The second-order valence-corrected chi connectivity index (χ2v) is 7.33. The number of hydrogen-bond acceptors (Lipinski definition) is 4. The van der Waals surface area contributed by atoms with Crippen LogP contribution in [0.2, 0.25) is 0 Å². The fourth-order valence-electron chi connectivity index (χ4n) is 3.59. The van der Waals surface area contributed by atoms with Gasteiger partial charge in [-0.1, -0.05) is 19.1 Å². The summed E-state index contributed by atoms with van der Waals surface area (Å²) in [6, 6.07) is 3.98. The molecule has 1 unspecified atom stereocenters. The number of nitrogens with zero attached hydrogens (tertiary/aromatic N) is 2. The molecule has 2 aromatic rings. The van der Waals surface area contributed by atoms with Gasteiger partial charge in [0.15, 0.2) is 0 Å². The summed E-state index contributed by atoms with van der Waals surface area (Å²) in [5.41, 5.74) is -0.00920. The third-order valence-electron chi connectivity index (χ3n) is 5.38. The molecule has 0 radical (unpaired) electrons. The Morgan fingerprint density at radius 1 is 1.17 bits per heavy atom. The van der Waals surface area contributed by atoms with E-state index in [0.29, 0.717) is 0 Å². The monoisotopic (exact) mass is 428 g/mol. The second kappa shape index (κ2) is 8.93. The molecule has 4 atom stereocenters. The van der Waals surface area contributed by atoms with Gasteiger partial charge in [0.05, 0.1) is 17.7 Å². The van der Waals surface area contributed by atoms with E-state index in [-0.39, 0.29) is 29.7 Å². The molecule has 30 heavy (non-hydrogen) atoms. The number of benzene rings is 1. The predicted molar refractivity (Wildman–Crippen MR) is 99.8 cm³/mol. The molecule has 3 rings (SSSR count). The van der Waals surface area contributed by atoms with Crippen LogP contribution in [0.1, 0.15) is 49.1 Å². The molecule has 0 bridgehead atoms. The summed E-state index contributed by atoms with van der Waals surface area (Å²) >= 11 is 0. The molecule has 5 nitrogen and oxygen atoms in total. The lowest BCUT2D eigenvalue weighted by atomic mass is 9.83. The Labute approximate surface area is 170 Å². The lowest BCUT2D eigenvalue weighted by molar-refractivity contribution is -0.121. The van der Waals surface area contributed by atoms with Crippen molar-refractivity contribution in [1.82, 2.24) is 15.3 Å². The van der Waals surface area contributed by atoms with E-state index >= 15 is 0 Å². The molecule has 1 aromatic heterocycles. The van der Waals surface area contributed by atoms with Crippen molar-refractivity contribution in [2.75, 3.05) is 11.9 Å². The van der Waals surface area contributed by atoms with Gasteiger partial charge in [-0.25, -0.2) is 31.9 Å². The molecule has 162 valence electrons. The number of amides is 1. The van der Waals surface area contributed by atoms with Crippen LogP contribution in [0.25, 0.3) is 0 Å². The first-order valence-electron chi connectivity index (χ1n) is 9.41. The van der Waals surface area contributed by atoms with Gasteiger partial charge >= 0.3 is 0 Å². The Morgan fingerprint density at radius 2 is 1.90 bits per heavy atom. The Hall–Kier alpha value is -2.78. The summed E-state index contributed by atoms with van der Waals surface area (Å²) in [6.07, 6.45) is -3.98. The van der Waals surface area contributed by atoms with Crippen LogP contribution in [0.5, 0.6) is 0 Å². The average molecular weight is 428 g/mol. The molecule has 1 aliphatic rings. The van der Waals surface area contributed by atoms with E-state index < -0.39 is 48.0 Å². The van der Waals surface area contributed by atoms with Crippen LogP contribution >= 0.6 is 0 Å². The maximum Gasteiger partial charge on any atom is 0.263 e. The first-order chi connectivity index (χ1) is 14.2. The number of nitrogens with one attached hydrogen (secondary N) is 2. The summed E-state index contributed by atoms with van der Waals surface area (Å²) in [7, 11) is 0. The maximum absolute atomic E-state index is 14.2. The smallest absolute Gasteiger partial charge is 0.263 e. The van der Waals surface area contributed by atoms with Gasteiger partial charge in [-0.3, -0.25) is 4.79 Å². The van der Waals surface area contributed by atoms with Crippen molar-refractivity contribution in [3.05, 3.63) is 53.1 Å². The second-order valence-electron chi connectivity index (χ2n) is 7.33. The zero-order valence-electron chi connectivity index (χ0n) is 16.3. The number of halogens is 5. The van der Waals surface area contributed by atoms with Crippen LogP contribution in [-0.4, -0.2) is 28.8 Å². The highest BCUT2D eigenvalue weighted by molar-refractivity contribution is 5.85. The van der Waals surface area contributed by atoms with Crippen molar-refractivity contribution < 1.29 is 26.7 Å². The molecular weight excluding hydrogens is 407 g/mol. The minimum atomic E-state index is -2.78. The van der Waals surface area contributed by atoms with Crippen LogP contribution in [-0.2, 0) is 4.79 Å². The van der Waals surface area contributed by atoms with E-state index in [4.69, 9.17) is 0 Å². The van der Waals surface area contributed by atoms with E-state index in [0.717, 1.165) is 12.1 Å². The molecule has 2 heterocycles. The van der Waals surface area contributed by atoms with E-state index in [1.165, 1.54) is 25.3 Å². The number of aromatic nitrogens is 2. The van der Waals surface area contributed by atoms with Gasteiger partial charge in [-0.2, -0.15) is 0 Å². The standard InChI is InChI=1S/C20H21F5N4O/c1-9(17(22)23)13-8-27-19(30)16(13)15-5-6-26-20(29-15)28-10(2)12-4-3-11(18(24)25)7-14(12)21/h3-7,9-10,13,16-18H,8H2,1-2H3,(H,27,30)(H,26,28,29)/t9-,10+,13?,16+/m1/s1. The summed E-state index contributed by atoms with van der Waals surface area (Å²) in [4.78, 5) is 20.6. The molecule has 1 aliphatic heterocycles. The number of hydrogen-bond donors (Lipinski definition) is 2. The van der Waals surface area contributed by atoms with E-state index in [2.05, 4.69) is 20.6 Å². The molecule has 1 amide bonds. The highest BCUT2D eigenvalue weighted by Gasteiger charge is 2.42. The van der Waals surface area contributed by atoms with Crippen molar-refractivity contribution in [2.45, 2.75) is 38.7 Å². The number of carbonyl (C=O) groups is 1. The Bertz CT molecular complexity index is 911. The van der Waals surface area contributed by atoms with Crippen LogP contribution in [0.15, 0.2) is 30.5 Å². The van der Waals surface area contributed by atoms with E-state index in [1.807, 2.05) is 0 Å². The summed E-state index contributed by atoms with van der Waals surface area (Å²) in [5, 5.41) is 5.46. The first-order valence-corrected chi connectivity index (χ1v) is 9.41.